The van der Waals surface area contributed by atoms with E-state index < -0.39 is 0 Å². The summed E-state index contributed by atoms with van der Waals surface area (Å²) in [7, 11) is 0. The second kappa shape index (κ2) is 9.36. The first-order chi connectivity index (χ1) is 13.2. The lowest BCUT2D eigenvalue weighted by atomic mass is 9.86. The molecule has 0 bridgehead atoms. The topological polar surface area (TPSA) is 19.4 Å². The molecule has 146 valence electrons. The average molecular weight is 366 g/mol. The van der Waals surface area contributed by atoms with Crippen molar-refractivity contribution in [2.45, 2.75) is 70.9 Å². The van der Waals surface area contributed by atoms with Crippen molar-refractivity contribution in [3.05, 3.63) is 54.9 Å². The predicted octanol–water partition coefficient (Wildman–Crippen LogP) is 6.04. The van der Waals surface area contributed by atoms with Gasteiger partial charge in [0.1, 0.15) is 0 Å². The van der Waals surface area contributed by atoms with Crippen LogP contribution in [0, 0.1) is 0 Å². The number of hydrogen-bond acceptors (Lipinski definition) is 3. The lowest BCUT2D eigenvalue weighted by molar-refractivity contribution is 0.0587. The molecule has 0 radical (unpaired) electrons. The molecule has 1 saturated heterocycles. The van der Waals surface area contributed by atoms with E-state index in [9.17, 15) is 0 Å². The lowest BCUT2D eigenvalue weighted by Gasteiger charge is -2.47. The number of pyridine rings is 1. The molecule has 27 heavy (non-hydrogen) atoms. The van der Waals surface area contributed by atoms with E-state index in [4.69, 9.17) is 0 Å². The van der Waals surface area contributed by atoms with Crippen molar-refractivity contribution < 1.29 is 0 Å². The molecule has 2 heterocycles. The van der Waals surface area contributed by atoms with Gasteiger partial charge in [0.25, 0.3) is 0 Å². The van der Waals surface area contributed by atoms with Gasteiger partial charge in [-0.25, -0.2) is 0 Å². The van der Waals surface area contributed by atoms with Crippen molar-refractivity contribution in [1.29, 1.82) is 0 Å². The van der Waals surface area contributed by atoms with E-state index in [1.807, 2.05) is 18.5 Å². The molecule has 1 fully saturated rings. The Balaban J connectivity index is 1.77. The van der Waals surface area contributed by atoms with Crippen LogP contribution in [-0.4, -0.2) is 34.6 Å². The van der Waals surface area contributed by atoms with Crippen molar-refractivity contribution in [1.82, 2.24) is 9.88 Å². The van der Waals surface area contributed by atoms with Crippen LogP contribution >= 0.6 is 0 Å². The van der Waals surface area contributed by atoms with Crippen LogP contribution in [0.25, 0.3) is 0 Å². The van der Waals surface area contributed by atoms with Crippen molar-refractivity contribution in [3.63, 3.8) is 0 Å². The van der Waals surface area contributed by atoms with E-state index in [0.29, 0.717) is 11.6 Å². The van der Waals surface area contributed by atoms with Gasteiger partial charge in [0, 0.05) is 36.6 Å². The zero-order valence-corrected chi connectivity index (χ0v) is 17.3. The SMILES string of the molecule is CCCC(C)(CCC)N1CCC(N(c2ccccc2)c2cccnc2)CC1. The van der Waals surface area contributed by atoms with Gasteiger partial charge in [-0.3, -0.25) is 9.88 Å². The van der Waals surface area contributed by atoms with Gasteiger partial charge in [-0.2, -0.15) is 0 Å². The largest absolute Gasteiger partial charge is 0.337 e. The van der Waals surface area contributed by atoms with E-state index in [-0.39, 0.29) is 0 Å². The van der Waals surface area contributed by atoms with Gasteiger partial charge in [-0.15, -0.1) is 0 Å². The summed E-state index contributed by atoms with van der Waals surface area (Å²) in [5, 5.41) is 0. The molecule has 0 atom stereocenters. The van der Waals surface area contributed by atoms with Crippen LogP contribution in [0.5, 0.6) is 0 Å². The Kier molecular flexibility index (Phi) is 6.89. The molecule has 0 aliphatic carbocycles. The molecule has 0 spiro atoms. The zero-order chi connectivity index (χ0) is 19.1. The van der Waals surface area contributed by atoms with E-state index in [1.54, 1.807) is 0 Å². The summed E-state index contributed by atoms with van der Waals surface area (Å²) in [6.45, 7) is 9.49. The standard InChI is InChI=1S/C24H35N3/c1-4-15-24(3,16-5-2)26-18-13-22(14-19-26)27(21-10-7-6-8-11-21)23-12-9-17-25-20-23/h6-12,17,20,22H,4-5,13-16,18-19H2,1-3H3. The van der Waals surface area contributed by atoms with Crippen LogP contribution in [0.15, 0.2) is 54.9 Å². The van der Waals surface area contributed by atoms with Gasteiger partial charge >= 0.3 is 0 Å². The molecule has 3 rings (SSSR count). The second-order valence-electron chi connectivity index (χ2n) is 8.13. The fourth-order valence-corrected chi connectivity index (χ4v) is 4.84. The minimum atomic E-state index is 0.361. The van der Waals surface area contributed by atoms with Crippen LogP contribution in [0.3, 0.4) is 0 Å². The highest BCUT2D eigenvalue weighted by molar-refractivity contribution is 5.63. The van der Waals surface area contributed by atoms with Crippen LogP contribution < -0.4 is 4.90 Å². The van der Waals surface area contributed by atoms with Crippen molar-refractivity contribution in [2.24, 2.45) is 0 Å². The van der Waals surface area contributed by atoms with Gasteiger partial charge in [-0.1, -0.05) is 44.9 Å². The Morgan fingerprint density at radius 3 is 2.15 bits per heavy atom. The molecule has 3 heteroatoms. The third-order valence-corrected chi connectivity index (χ3v) is 6.13. The first-order valence-electron chi connectivity index (χ1n) is 10.7. The number of piperidine rings is 1. The highest BCUT2D eigenvalue weighted by atomic mass is 15.2. The third kappa shape index (κ3) is 4.70. The number of anilines is 2. The van der Waals surface area contributed by atoms with Crippen molar-refractivity contribution >= 4 is 11.4 Å². The Bertz CT molecular complexity index is 617. The van der Waals surface area contributed by atoms with Gasteiger partial charge in [0.2, 0.25) is 0 Å². The average Bonchev–Trinajstić information content (AvgIpc) is 2.71. The van der Waals surface area contributed by atoms with Crippen molar-refractivity contribution in [3.8, 4) is 0 Å². The number of para-hydroxylation sites is 1. The van der Waals surface area contributed by atoms with Crippen LogP contribution in [0.4, 0.5) is 11.4 Å². The summed E-state index contributed by atoms with van der Waals surface area (Å²) < 4.78 is 0. The second-order valence-corrected chi connectivity index (χ2v) is 8.13. The minimum Gasteiger partial charge on any atom is -0.337 e. The molecular weight excluding hydrogens is 330 g/mol. The van der Waals surface area contributed by atoms with E-state index in [1.165, 1.54) is 63.0 Å². The summed E-state index contributed by atoms with van der Waals surface area (Å²) in [4.78, 5) is 9.64. The molecule has 0 N–H and O–H groups in total. The quantitative estimate of drug-likeness (QED) is 0.568. The maximum absolute atomic E-state index is 4.38. The number of likely N-dealkylation sites (tertiary alicyclic amines) is 1. The molecular formula is C24H35N3. The Morgan fingerprint density at radius 2 is 1.59 bits per heavy atom. The summed E-state index contributed by atoms with van der Waals surface area (Å²) in [6.07, 6.45) is 11.4. The number of nitrogens with zero attached hydrogens (tertiary/aromatic N) is 3. The fourth-order valence-electron chi connectivity index (χ4n) is 4.84. The van der Waals surface area contributed by atoms with Crippen LogP contribution in [0.2, 0.25) is 0 Å². The van der Waals surface area contributed by atoms with Gasteiger partial charge < -0.3 is 4.90 Å². The number of rotatable bonds is 8. The van der Waals surface area contributed by atoms with E-state index in [0.717, 1.165) is 0 Å². The number of benzene rings is 1. The first kappa shape index (κ1) is 19.9. The monoisotopic (exact) mass is 365 g/mol. The molecule has 1 aromatic carbocycles. The van der Waals surface area contributed by atoms with Gasteiger partial charge in [0.05, 0.1) is 11.9 Å². The molecule has 3 nitrogen and oxygen atoms in total. The Morgan fingerprint density at radius 1 is 0.963 bits per heavy atom. The summed E-state index contributed by atoms with van der Waals surface area (Å²) in [5.74, 6) is 0. The molecule has 1 aliphatic rings. The Labute approximate surface area is 165 Å². The highest BCUT2D eigenvalue weighted by Gasteiger charge is 2.35. The molecule has 2 aromatic rings. The minimum absolute atomic E-state index is 0.361. The maximum Gasteiger partial charge on any atom is 0.0599 e. The van der Waals surface area contributed by atoms with Gasteiger partial charge in [-0.05, 0) is 56.9 Å². The number of aromatic nitrogens is 1. The molecule has 0 unspecified atom stereocenters. The first-order valence-corrected chi connectivity index (χ1v) is 10.7. The Hall–Kier alpha value is -1.87. The fraction of sp³-hybridized carbons (Fsp3) is 0.542. The summed E-state index contributed by atoms with van der Waals surface area (Å²) in [6, 6.07) is 15.6. The molecule has 0 amide bonds. The lowest BCUT2D eigenvalue weighted by Crippen LogP contribution is -2.53. The van der Waals surface area contributed by atoms with E-state index in [2.05, 4.69) is 72.0 Å². The molecule has 0 saturated carbocycles. The van der Waals surface area contributed by atoms with Gasteiger partial charge in [0.15, 0.2) is 0 Å². The van der Waals surface area contributed by atoms with E-state index >= 15 is 0 Å². The van der Waals surface area contributed by atoms with Crippen molar-refractivity contribution in [2.75, 3.05) is 18.0 Å². The molecule has 1 aromatic heterocycles. The maximum atomic E-state index is 4.38. The normalized spacial score (nSPS) is 16.4. The zero-order valence-electron chi connectivity index (χ0n) is 17.3. The smallest absolute Gasteiger partial charge is 0.0599 e. The van der Waals surface area contributed by atoms with Crippen LogP contribution in [-0.2, 0) is 0 Å². The summed E-state index contributed by atoms with van der Waals surface area (Å²) >= 11 is 0. The van der Waals surface area contributed by atoms with Crippen LogP contribution in [0.1, 0.15) is 59.3 Å². The highest BCUT2D eigenvalue weighted by Crippen LogP contribution is 2.35. The molecule has 1 aliphatic heterocycles. The predicted molar refractivity (Wildman–Crippen MR) is 116 cm³/mol. The summed E-state index contributed by atoms with van der Waals surface area (Å²) in [5.41, 5.74) is 2.83. The third-order valence-electron chi connectivity index (χ3n) is 6.13. The number of hydrogen-bond donors (Lipinski definition) is 0.